The number of ether oxygens (including phenoxy) is 1. The Morgan fingerprint density at radius 2 is 1.68 bits per heavy atom. The second-order valence-corrected chi connectivity index (χ2v) is 7.31. The maximum Gasteiger partial charge on any atom is 0.328 e. The Morgan fingerprint density at radius 3 is 2.11 bits per heavy atom. The van der Waals surface area contributed by atoms with E-state index in [1.165, 1.54) is 37.7 Å². The third kappa shape index (κ3) is 8.00. The van der Waals surface area contributed by atoms with Gasteiger partial charge in [0, 0.05) is 36.4 Å². The standard InChI is InChI=1S/C17H26ClNO.C4H4O4/c1-19(13-4-3-5-14-20-2)17(11-6-12-17)15-7-9-16(18)10-8-15;5-3(6)1-2-4(7)8/h7-10H,3-6,11-14H2,1-2H3;1-2H,(H,5,6)(H,7,8)/b;2-1-. The van der Waals surface area contributed by atoms with Crippen LogP contribution in [0.3, 0.4) is 0 Å². The van der Waals surface area contributed by atoms with Crippen molar-refractivity contribution in [1.82, 2.24) is 4.90 Å². The maximum atomic E-state index is 9.55. The highest BCUT2D eigenvalue weighted by molar-refractivity contribution is 6.30. The minimum Gasteiger partial charge on any atom is -0.478 e. The van der Waals surface area contributed by atoms with Crippen LogP contribution in [0, 0.1) is 0 Å². The maximum absolute atomic E-state index is 9.55. The molecule has 0 bridgehead atoms. The van der Waals surface area contributed by atoms with Gasteiger partial charge in [0.15, 0.2) is 0 Å². The normalized spacial score (nSPS) is 15.0. The van der Waals surface area contributed by atoms with E-state index in [2.05, 4.69) is 24.1 Å². The molecule has 0 heterocycles. The zero-order valence-electron chi connectivity index (χ0n) is 16.6. The van der Waals surface area contributed by atoms with Gasteiger partial charge in [-0.1, -0.05) is 23.7 Å². The summed E-state index contributed by atoms with van der Waals surface area (Å²) in [7, 11) is 4.04. The van der Waals surface area contributed by atoms with Gasteiger partial charge in [0.2, 0.25) is 0 Å². The topological polar surface area (TPSA) is 87.1 Å². The molecule has 1 aromatic rings. The number of unbranched alkanes of at least 4 members (excludes halogenated alkanes) is 2. The first kappa shape index (κ1) is 24.1. The summed E-state index contributed by atoms with van der Waals surface area (Å²) in [6, 6.07) is 8.43. The lowest BCUT2D eigenvalue weighted by molar-refractivity contribution is -0.134. The highest BCUT2D eigenvalue weighted by Gasteiger charge is 2.41. The SMILES string of the molecule is COCCCCCN(C)C1(c2ccc(Cl)cc2)CCC1.O=C(O)/C=C\C(=O)O. The van der Waals surface area contributed by atoms with E-state index < -0.39 is 11.9 Å². The van der Waals surface area contributed by atoms with Crippen molar-refractivity contribution in [3.05, 3.63) is 47.0 Å². The van der Waals surface area contributed by atoms with Crippen molar-refractivity contribution in [2.45, 2.75) is 44.1 Å². The number of methoxy groups -OCH3 is 1. The molecular weight excluding hydrogens is 382 g/mol. The van der Waals surface area contributed by atoms with Crippen LogP contribution in [-0.4, -0.2) is 54.4 Å². The molecule has 0 amide bonds. The van der Waals surface area contributed by atoms with E-state index in [9.17, 15) is 9.59 Å². The van der Waals surface area contributed by atoms with Gasteiger partial charge in [-0.25, -0.2) is 9.59 Å². The van der Waals surface area contributed by atoms with Crippen molar-refractivity contribution in [3.63, 3.8) is 0 Å². The fourth-order valence-electron chi connectivity index (χ4n) is 3.29. The third-order valence-corrected chi connectivity index (χ3v) is 5.26. The van der Waals surface area contributed by atoms with Gasteiger partial charge in [0.05, 0.1) is 0 Å². The minimum atomic E-state index is -1.26. The zero-order chi connectivity index (χ0) is 21.0. The highest BCUT2D eigenvalue weighted by Crippen LogP contribution is 2.46. The smallest absolute Gasteiger partial charge is 0.328 e. The molecule has 0 radical (unpaired) electrons. The van der Waals surface area contributed by atoms with Crippen LogP contribution >= 0.6 is 11.6 Å². The number of aliphatic carboxylic acids is 2. The number of nitrogens with zero attached hydrogens (tertiary/aromatic N) is 1. The quantitative estimate of drug-likeness (QED) is 0.443. The number of hydrogen-bond acceptors (Lipinski definition) is 4. The fraction of sp³-hybridized carbons (Fsp3) is 0.524. The largest absolute Gasteiger partial charge is 0.478 e. The van der Waals surface area contributed by atoms with Gasteiger partial charge in [0.1, 0.15) is 0 Å². The Morgan fingerprint density at radius 1 is 1.11 bits per heavy atom. The van der Waals surface area contributed by atoms with Crippen molar-refractivity contribution < 1.29 is 24.5 Å². The molecule has 6 nitrogen and oxygen atoms in total. The average Bonchev–Trinajstić information content (AvgIpc) is 2.61. The first-order valence-electron chi connectivity index (χ1n) is 9.42. The molecule has 0 unspecified atom stereocenters. The van der Waals surface area contributed by atoms with Gasteiger partial charge in [-0.15, -0.1) is 0 Å². The summed E-state index contributed by atoms with van der Waals surface area (Å²) < 4.78 is 5.10. The van der Waals surface area contributed by atoms with Crippen molar-refractivity contribution in [2.24, 2.45) is 0 Å². The monoisotopic (exact) mass is 411 g/mol. The van der Waals surface area contributed by atoms with Gasteiger partial charge < -0.3 is 14.9 Å². The minimum absolute atomic E-state index is 0.256. The number of halogens is 1. The van der Waals surface area contributed by atoms with Crippen LogP contribution in [-0.2, 0) is 19.9 Å². The molecule has 1 aromatic carbocycles. The second kappa shape index (κ2) is 12.5. The molecule has 156 valence electrons. The molecule has 28 heavy (non-hydrogen) atoms. The molecule has 7 heteroatoms. The molecule has 0 spiro atoms. The molecular formula is C21H30ClNO5. The summed E-state index contributed by atoms with van der Waals surface area (Å²) in [6.45, 7) is 2.04. The van der Waals surface area contributed by atoms with E-state index in [4.69, 9.17) is 26.6 Å². The first-order chi connectivity index (χ1) is 13.3. The molecule has 1 saturated carbocycles. The molecule has 0 saturated heterocycles. The van der Waals surface area contributed by atoms with Crippen LogP contribution in [0.2, 0.25) is 5.02 Å². The number of hydrogen-bond donors (Lipinski definition) is 2. The van der Waals surface area contributed by atoms with E-state index in [0.29, 0.717) is 12.2 Å². The van der Waals surface area contributed by atoms with Gasteiger partial charge in [-0.3, -0.25) is 4.90 Å². The summed E-state index contributed by atoms with van der Waals surface area (Å²) in [4.78, 5) is 21.7. The number of carboxylic acid groups (broad SMARTS) is 2. The number of benzene rings is 1. The summed E-state index contributed by atoms with van der Waals surface area (Å²) in [5, 5.41) is 16.4. The van der Waals surface area contributed by atoms with Gasteiger partial charge in [-0.2, -0.15) is 0 Å². The number of carboxylic acids is 2. The molecule has 2 N–H and O–H groups in total. The summed E-state index contributed by atoms with van der Waals surface area (Å²) in [5.41, 5.74) is 1.68. The van der Waals surface area contributed by atoms with E-state index >= 15 is 0 Å². The highest BCUT2D eigenvalue weighted by atomic mass is 35.5. The summed E-state index contributed by atoms with van der Waals surface area (Å²) in [5.74, 6) is -2.51. The van der Waals surface area contributed by atoms with Crippen molar-refractivity contribution >= 4 is 23.5 Å². The zero-order valence-corrected chi connectivity index (χ0v) is 17.3. The van der Waals surface area contributed by atoms with Gasteiger partial charge >= 0.3 is 11.9 Å². The Kier molecular flexibility index (Phi) is 10.8. The van der Waals surface area contributed by atoms with E-state index in [1.807, 2.05) is 12.1 Å². The Bertz CT molecular complexity index is 625. The van der Waals surface area contributed by atoms with E-state index in [0.717, 1.165) is 24.6 Å². The molecule has 1 aliphatic carbocycles. The van der Waals surface area contributed by atoms with E-state index in [1.54, 1.807) is 7.11 Å². The Hall–Kier alpha value is -1.89. The lowest BCUT2D eigenvalue weighted by Gasteiger charge is -2.49. The molecule has 0 aliphatic heterocycles. The summed E-state index contributed by atoms with van der Waals surface area (Å²) in [6.07, 6.45) is 8.63. The van der Waals surface area contributed by atoms with Crippen molar-refractivity contribution in [1.29, 1.82) is 0 Å². The number of carbonyl (C=O) groups is 2. The van der Waals surface area contributed by atoms with Crippen molar-refractivity contribution in [3.8, 4) is 0 Å². The van der Waals surface area contributed by atoms with Gasteiger partial charge in [-0.05, 0) is 69.8 Å². The second-order valence-electron chi connectivity index (χ2n) is 6.88. The Labute approximate surface area is 171 Å². The first-order valence-corrected chi connectivity index (χ1v) is 9.80. The number of rotatable bonds is 10. The van der Waals surface area contributed by atoms with Crippen LogP contribution < -0.4 is 0 Å². The van der Waals surface area contributed by atoms with Gasteiger partial charge in [0.25, 0.3) is 0 Å². The predicted molar refractivity (Wildman–Crippen MR) is 110 cm³/mol. The third-order valence-electron chi connectivity index (χ3n) is 5.00. The lowest BCUT2D eigenvalue weighted by atomic mass is 9.70. The molecule has 1 aliphatic rings. The van der Waals surface area contributed by atoms with Crippen LogP contribution in [0.15, 0.2) is 36.4 Å². The van der Waals surface area contributed by atoms with Crippen LogP contribution in [0.1, 0.15) is 44.1 Å². The van der Waals surface area contributed by atoms with E-state index in [-0.39, 0.29) is 5.54 Å². The van der Waals surface area contributed by atoms with Crippen LogP contribution in [0.5, 0.6) is 0 Å². The van der Waals surface area contributed by atoms with Crippen molar-refractivity contribution in [2.75, 3.05) is 27.3 Å². The summed E-state index contributed by atoms with van der Waals surface area (Å²) >= 11 is 6.01. The van der Waals surface area contributed by atoms with Crippen LogP contribution in [0.25, 0.3) is 0 Å². The Balaban J connectivity index is 0.000000416. The molecule has 0 aromatic heterocycles. The molecule has 0 atom stereocenters. The fourth-order valence-corrected chi connectivity index (χ4v) is 3.42. The molecule has 1 fully saturated rings. The average molecular weight is 412 g/mol. The predicted octanol–water partition coefficient (Wildman–Crippen LogP) is 4.18. The lowest BCUT2D eigenvalue weighted by Crippen LogP contribution is -2.49. The molecule has 2 rings (SSSR count). The van der Waals surface area contributed by atoms with Crippen LogP contribution in [0.4, 0.5) is 0 Å².